The van der Waals surface area contributed by atoms with E-state index in [1.165, 1.54) is 0 Å². The van der Waals surface area contributed by atoms with Gasteiger partial charge >= 0.3 is 0 Å². The van der Waals surface area contributed by atoms with Crippen LogP contribution in [0.5, 0.6) is 0 Å². The van der Waals surface area contributed by atoms with E-state index in [0.717, 1.165) is 36.3 Å². The van der Waals surface area contributed by atoms with Gasteiger partial charge in [0.15, 0.2) is 0 Å². The molecule has 1 saturated heterocycles. The topological polar surface area (TPSA) is 58.8 Å². The maximum atomic E-state index is 13.5. The van der Waals surface area contributed by atoms with Crippen molar-refractivity contribution in [3.63, 3.8) is 0 Å². The molecule has 0 saturated carbocycles. The molecule has 2 heterocycles. The number of amides is 1. The van der Waals surface area contributed by atoms with Gasteiger partial charge in [-0.2, -0.15) is 0 Å². The minimum Gasteiger partial charge on any atom is -0.378 e. The Balaban J connectivity index is 1.73. The van der Waals surface area contributed by atoms with E-state index in [1.54, 1.807) is 24.3 Å². The average Bonchev–Trinajstić information content (AvgIpc) is 3.27. The first-order chi connectivity index (χ1) is 15.6. The number of hydrogen-bond acceptors (Lipinski definition) is 5. The number of ether oxygens (including phenoxy) is 1. The van der Waals surface area contributed by atoms with Gasteiger partial charge < -0.3 is 19.1 Å². The second-order valence-electron chi connectivity index (χ2n) is 7.98. The van der Waals surface area contributed by atoms with Crippen molar-refractivity contribution in [2.45, 2.75) is 32.9 Å². The molecular formula is C25H28ClN3O3. The molecule has 3 aromatic rings. The highest BCUT2D eigenvalue weighted by Gasteiger charge is 2.29. The number of carbonyl (C=O) groups is 1. The quantitative estimate of drug-likeness (QED) is 0.487. The van der Waals surface area contributed by atoms with Crippen molar-refractivity contribution in [1.82, 2.24) is 10.1 Å². The third-order valence-electron chi connectivity index (χ3n) is 5.92. The molecule has 0 bridgehead atoms. The summed E-state index contributed by atoms with van der Waals surface area (Å²) in [5.41, 5.74) is 3.26. The first-order valence-electron chi connectivity index (χ1n) is 11.0. The van der Waals surface area contributed by atoms with E-state index < -0.39 is 0 Å². The number of halogens is 1. The summed E-state index contributed by atoms with van der Waals surface area (Å²) in [5.74, 6) is 0.675. The van der Waals surface area contributed by atoms with Crippen LogP contribution < -0.4 is 4.90 Å². The Hall–Kier alpha value is -2.83. The Morgan fingerprint density at radius 3 is 2.47 bits per heavy atom. The van der Waals surface area contributed by atoms with E-state index in [-0.39, 0.29) is 11.9 Å². The molecule has 0 spiro atoms. The summed E-state index contributed by atoms with van der Waals surface area (Å²) < 4.78 is 11.4. The van der Waals surface area contributed by atoms with Gasteiger partial charge in [-0.25, -0.2) is 0 Å². The zero-order chi connectivity index (χ0) is 22.5. The van der Waals surface area contributed by atoms with Crippen LogP contribution in [0.4, 0.5) is 5.88 Å². The molecule has 1 atom stereocenters. The average molecular weight is 454 g/mol. The van der Waals surface area contributed by atoms with Gasteiger partial charge in [0.05, 0.1) is 25.3 Å². The maximum absolute atomic E-state index is 13.5. The van der Waals surface area contributed by atoms with Gasteiger partial charge in [-0.1, -0.05) is 54.0 Å². The van der Waals surface area contributed by atoms with Crippen LogP contribution in [-0.2, 0) is 11.3 Å². The first kappa shape index (κ1) is 22.4. The van der Waals surface area contributed by atoms with Crippen molar-refractivity contribution in [1.29, 1.82) is 0 Å². The predicted molar refractivity (Wildman–Crippen MR) is 126 cm³/mol. The summed E-state index contributed by atoms with van der Waals surface area (Å²) in [6.07, 6.45) is 0.832. The zero-order valence-corrected chi connectivity index (χ0v) is 19.2. The number of anilines is 1. The molecule has 1 amide bonds. The molecule has 6 nitrogen and oxygen atoms in total. The van der Waals surface area contributed by atoms with Crippen molar-refractivity contribution in [2.75, 3.05) is 31.2 Å². The van der Waals surface area contributed by atoms with E-state index >= 15 is 0 Å². The first-order valence-corrected chi connectivity index (χ1v) is 11.4. The minimum absolute atomic E-state index is 0.0363. The molecule has 7 heteroatoms. The highest BCUT2D eigenvalue weighted by Crippen LogP contribution is 2.34. The number of carbonyl (C=O) groups excluding carboxylic acids is 1. The number of nitrogens with zero attached hydrogens (tertiary/aromatic N) is 3. The molecule has 4 rings (SSSR count). The Kier molecular flexibility index (Phi) is 7.12. The number of aromatic nitrogens is 1. The van der Waals surface area contributed by atoms with Crippen molar-refractivity contribution in [3.05, 3.63) is 70.7 Å². The van der Waals surface area contributed by atoms with Gasteiger partial charge in [-0.05, 0) is 37.6 Å². The molecule has 0 aliphatic carbocycles. The van der Waals surface area contributed by atoms with Gasteiger partial charge in [0, 0.05) is 35.3 Å². The summed E-state index contributed by atoms with van der Waals surface area (Å²) >= 11 is 6.03. The predicted octanol–water partition coefficient (Wildman–Crippen LogP) is 5.27. The van der Waals surface area contributed by atoms with E-state index in [1.807, 2.05) is 35.2 Å². The Labute approximate surface area is 193 Å². The smallest absolute Gasteiger partial charge is 0.254 e. The maximum Gasteiger partial charge on any atom is 0.254 e. The van der Waals surface area contributed by atoms with E-state index in [2.05, 4.69) is 23.9 Å². The fraction of sp³-hybridized carbons (Fsp3) is 0.360. The van der Waals surface area contributed by atoms with Gasteiger partial charge in [-0.15, -0.1) is 0 Å². The second kappa shape index (κ2) is 10.2. The van der Waals surface area contributed by atoms with Crippen LogP contribution in [0.3, 0.4) is 0 Å². The highest BCUT2D eigenvalue weighted by atomic mass is 35.5. The fourth-order valence-electron chi connectivity index (χ4n) is 3.86. The molecule has 168 valence electrons. The van der Waals surface area contributed by atoms with Crippen molar-refractivity contribution in [2.24, 2.45) is 0 Å². The van der Waals surface area contributed by atoms with Crippen LogP contribution in [-0.4, -0.2) is 48.3 Å². The van der Waals surface area contributed by atoms with Crippen LogP contribution in [0.25, 0.3) is 11.3 Å². The van der Waals surface area contributed by atoms with E-state index in [9.17, 15) is 4.79 Å². The van der Waals surface area contributed by atoms with Gasteiger partial charge in [0.25, 0.3) is 5.91 Å². The Bertz CT molecular complexity index is 1030. The molecule has 0 radical (unpaired) electrons. The SMILES string of the molecule is CCC(C)N(Cc1c(-c2ccccc2)noc1N1CCOCC1)C(=O)c1ccc(Cl)cc1. The lowest BCUT2D eigenvalue weighted by Gasteiger charge is -2.31. The summed E-state index contributed by atoms with van der Waals surface area (Å²) in [7, 11) is 0. The Morgan fingerprint density at radius 1 is 1.12 bits per heavy atom. The van der Waals surface area contributed by atoms with E-state index in [0.29, 0.717) is 36.2 Å². The monoisotopic (exact) mass is 453 g/mol. The standard InChI is InChI=1S/C25H28ClN3O3/c1-3-18(2)29(24(30)20-9-11-21(26)12-10-20)17-22-23(19-7-5-4-6-8-19)27-32-25(22)28-13-15-31-16-14-28/h4-12,18H,3,13-17H2,1-2H3. The molecule has 2 aromatic carbocycles. The van der Waals surface area contributed by atoms with Crippen LogP contribution in [0.1, 0.15) is 36.2 Å². The number of benzene rings is 2. The summed E-state index contributed by atoms with van der Waals surface area (Å²) in [5, 5.41) is 5.04. The summed E-state index contributed by atoms with van der Waals surface area (Å²) in [6.45, 7) is 7.28. The molecule has 1 aromatic heterocycles. The molecule has 1 aliphatic heterocycles. The largest absolute Gasteiger partial charge is 0.378 e. The van der Waals surface area contributed by atoms with Crippen molar-refractivity contribution >= 4 is 23.4 Å². The lowest BCUT2D eigenvalue weighted by molar-refractivity contribution is 0.0671. The summed E-state index contributed by atoms with van der Waals surface area (Å²) in [6, 6.07) is 17.0. The van der Waals surface area contributed by atoms with Crippen molar-refractivity contribution in [3.8, 4) is 11.3 Å². The minimum atomic E-state index is -0.0378. The third kappa shape index (κ3) is 4.81. The fourth-order valence-corrected chi connectivity index (χ4v) is 3.98. The lowest BCUT2D eigenvalue weighted by Crippen LogP contribution is -2.39. The number of morpholine rings is 1. The van der Waals surface area contributed by atoms with Crippen LogP contribution >= 0.6 is 11.6 Å². The number of hydrogen-bond donors (Lipinski definition) is 0. The number of rotatable bonds is 7. The molecule has 1 fully saturated rings. The summed E-state index contributed by atoms with van der Waals surface area (Å²) in [4.78, 5) is 17.6. The molecule has 32 heavy (non-hydrogen) atoms. The van der Waals surface area contributed by atoms with Gasteiger partial charge in [-0.3, -0.25) is 4.79 Å². The second-order valence-corrected chi connectivity index (χ2v) is 8.41. The molecule has 0 N–H and O–H groups in total. The highest BCUT2D eigenvalue weighted by molar-refractivity contribution is 6.30. The Morgan fingerprint density at radius 2 is 1.81 bits per heavy atom. The molecule has 1 unspecified atom stereocenters. The van der Waals surface area contributed by atoms with Gasteiger partial charge in [0.2, 0.25) is 5.88 Å². The van der Waals surface area contributed by atoms with Crippen LogP contribution in [0, 0.1) is 0 Å². The molecule has 1 aliphatic rings. The molecular weight excluding hydrogens is 426 g/mol. The zero-order valence-electron chi connectivity index (χ0n) is 18.5. The normalized spacial score (nSPS) is 14.9. The third-order valence-corrected chi connectivity index (χ3v) is 6.17. The van der Waals surface area contributed by atoms with Crippen LogP contribution in [0.2, 0.25) is 5.02 Å². The lowest BCUT2D eigenvalue weighted by atomic mass is 10.0. The van der Waals surface area contributed by atoms with Crippen LogP contribution in [0.15, 0.2) is 59.1 Å². The van der Waals surface area contributed by atoms with E-state index in [4.69, 9.17) is 20.9 Å². The van der Waals surface area contributed by atoms with Crippen molar-refractivity contribution < 1.29 is 14.1 Å². The van der Waals surface area contributed by atoms with Gasteiger partial charge in [0.1, 0.15) is 5.69 Å².